The number of hydrogen-bond acceptors (Lipinski definition) is 3. The van der Waals surface area contributed by atoms with Gasteiger partial charge in [0.2, 0.25) is 0 Å². The highest BCUT2D eigenvalue weighted by molar-refractivity contribution is 6.31. The minimum atomic E-state index is -4.52. The van der Waals surface area contributed by atoms with Crippen LogP contribution < -0.4 is 5.73 Å². The van der Waals surface area contributed by atoms with Crippen molar-refractivity contribution in [3.05, 3.63) is 40.2 Å². The van der Waals surface area contributed by atoms with Crippen molar-refractivity contribution in [1.29, 1.82) is 0 Å². The van der Waals surface area contributed by atoms with Crippen LogP contribution in [0, 0.1) is 6.92 Å². The van der Waals surface area contributed by atoms with E-state index in [4.69, 9.17) is 17.3 Å². The lowest BCUT2D eigenvalue weighted by Crippen LogP contribution is -2.09. The molecule has 0 saturated carbocycles. The molecule has 4 nitrogen and oxygen atoms in total. The summed E-state index contributed by atoms with van der Waals surface area (Å²) in [4.78, 5) is 0. The fourth-order valence-electron chi connectivity index (χ4n) is 1.87. The summed E-state index contributed by atoms with van der Waals surface area (Å²) in [5, 5.41) is 7.36. The molecule has 0 saturated heterocycles. The lowest BCUT2D eigenvalue weighted by molar-refractivity contribution is -0.137. The highest BCUT2D eigenvalue weighted by Crippen LogP contribution is 2.35. The molecule has 20 heavy (non-hydrogen) atoms. The minimum Gasteiger partial charge on any atom is -0.323 e. The SMILES string of the molecule is Cc1c(C(C)N)nnn1-c1ccc(Cl)c(C(F)(F)F)c1. The molecule has 0 aliphatic rings. The van der Waals surface area contributed by atoms with Crippen molar-refractivity contribution in [2.45, 2.75) is 26.1 Å². The van der Waals surface area contributed by atoms with E-state index in [2.05, 4.69) is 10.3 Å². The van der Waals surface area contributed by atoms with Gasteiger partial charge in [-0.2, -0.15) is 13.2 Å². The number of nitrogens with two attached hydrogens (primary N) is 1. The molecule has 0 amide bonds. The lowest BCUT2D eigenvalue weighted by Gasteiger charge is -2.11. The van der Waals surface area contributed by atoms with Crippen molar-refractivity contribution >= 4 is 11.6 Å². The maximum absolute atomic E-state index is 12.8. The van der Waals surface area contributed by atoms with E-state index in [9.17, 15) is 13.2 Å². The maximum Gasteiger partial charge on any atom is 0.417 e. The first-order chi connectivity index (χ1) is 9.21. The van der Waals surface area contributed by atoms with Crippen LogP contribution in [0.4, 0.5) is 13.2 Å². The Kier molecular flexibility index (Phi) is 3.75. The van der Waals surface area contributed by atoms with Gasteiger partial charge in [0, 0.05) is 6.04 Å². The highest BCUT2D eigenvalue weighted by atomic mass is 35.5. The molecular formula is C12H12ClF3N4. The average Bonchev–Trinajstić information content (AvgIpc) is 2.70. The van der Waals surface area contributed by atoms with Gasteiger partial charge in [0.05, 0.1) is 22.0 Å². The highest BCUT2D eigenvalue weighted by Gasteiger charge is 2.33. The topological polar surface area (TPSA) is 56.7 Å². The minimum absolute atomic E-state index is 0.235. The number of hydrogen-bond donors (Lipinski definition) is 1. The van der Waals surface area contributed by atoms with Crippen LogP contribution in [-0.4, -0.2) is 15.0 Å². The molecule has 1 aromatic carbocycles. The fraction of sp³-hybridized carbons (Fsp3) is 0.333. The summed E-state index contributed by atoms with van der Waals surface area (Å²) in [5.41, 5.74) is 6.17. The van der Waals surface area contributed by atoms with Crippen LogP contribution in [0.25, 0.3) is 5.69 Å². The molecule has 0 aliphatic carbocycles. The van der Waals surface area contributed by atoms with Crippen molar-refractivity contribution < 1.29 is 13.2 Å². The molecular weight excluding hydrogens is 293 g/mol. The van der Waals surface area contributed by atoms with Crippen LogP contribution in [0.1, 0.15) is 29.9 Å². The summed E-state index contributed by atoms with van der Waals surface area (Å²) in [7, 11) is 0. The summed E-state index contributed by atoms with van der Waals surface area (Å²) in [6.07, 6.45) is -4.52. The van der Waals surface area contributed by atoms with Crippen LogP contribution in [0.5, 0.6) is 0 Å². The molecule has 0 spiro atoms. The molecule has 1 unspecified atom stereocenters. The predicted molar refractivity (Wildman–Crippen MR) is 68.7 cm³/mol. The average molecular weight is 305 g/mol. The van der Waals surface area contributed by atoms with Crippen molar-refractivity contribution in [2.75, 3.05) is 0 Å². The van der Waals surface area contributed by atoms with Gasteiger partial charge in [-0.15, -0.1) is 5.10 Å². The third kappa shape index (κ3) is 2.64. The fourth-order valence-corrected chi connectivity index (χ4v) is 2.09. The van der Waals surface area contributed by atoms with Crippen molar-refractivity contribution in [1.82, 2.24) is 15.0 Å². The molecule has 2 rings (SSSR count). The standard InChI is InChI=1S/C12H12ClF3N4/c1-6(17)11-7(2)20(19-18-11)8-3-4-10(13)9(5-8)12(14,15)16/h3-6H,17H2,1-2H3. The Morgan fingerprint density at radius 1 is 1.35 bits per heavy atom. The Labute approximate surface area is 118 Å². The first-order valence-electron chi connectivity index (χ1n) is 5.76. The number of benzene rings is 1. The van der Waals surface area contributed by atoms with E-state index >= 15 is 0 Å². The maximum atomic E-state index is 12.8. The predicted octanol–water partition coefficient (Wildman–Crippen LogP) is 3.27. The van der Waals surface area contributed by atoms with Gasteiger partial charge in [-0.1, -0.05) is 16.8 Å². The Morgan fingerprint density at radius 3 is 2.50 bits per heavy atom. The van der Waals surface area contributed by atoms with E-state index < -0.39 is 11.7 Å². The Morgan fingerprint density at radius 2 is 2.00 bits per heavy atom. The van der Waals surface area contributed by atoms with Crippen molar-refractivity contribution in [3.8, 4) is 5.69 Å². The first kappa shape index (κ1) is 14.8. The Bertz CT molecular complexity index is 634. The van der Waals surface area contributed by atoms with Gasteiger partial charge in [-0.25, -0.2) is 4.68 Å². The van der Waals surface area contributed by atoms with Gasteiger partial charge in [0.25, 0.3) is 0 Å². The molecule has 108 valence electrons. The second kappa shape index (κ2) is 5.06. The monoisotopic (exact) mass is 304 g/mol. The van der Waals surface area contributed by atoms with Crippen molar-refractivity contribution in [2.24, 2.45) is 5.73 Å². The van der Waals surface area contributed by atoms with Gasteiger partial charge in [-0.3, -0.25) is 0 Å². The normalized spacial score (nSPS) is 13.6. The number of halogens is 4. The third-order valence-corrected chi connectivity index (χ3v) is 3.19. The molecule has 1 atom stereocenters. The van der Waals surface area contributed by atoms with Crippen LogP contribution in [0.3, 0.4) is 0 Å². The summed E-state index contributed by atoms with van der Waals surface area (Å²) < 4.78 is 39.8. The zero-order valence-electron chi connectivity index (χ0n) is 10.7. The van der Waals surface area contributed by atoms with Gasteiger partial charge in [-0.05, 0) is 32.0 Å². The van der Waals surface area contributed by atoms with E-state index in [1.807, 2.05) is 0 Å². The smallest absolute Gasteiger partial charge is 0.323 e. The molecule has 0 radical (unpaired) electrons. The summed E-state index contributed by atoms with van der Waals surface area (Å²) in [5.74, 6) is 0. The molecule has 0 aliphatic heterocycles. The molecule has 8 heteroatoms. The first-order valence-corrected chi connectivity index (χ1v) is 6.14. The summed E-state index contributed by atoms with van der Waals surface area (Å²) in [6.45, 7) is 3.42. The summed E-state index contributed by atoms with van der Waals surface area (Å²) >= 11 is 5.58. The lowest BCUT2D eigenvalue weighted by atomic mass is 10.1. The molecule has 0 fully saturated rings. The van der Waals surface area contributed by atoms with Gasteiger partial charge >= 0.3 is 6.18 Å². The number of rotatable bonds is 2. The molecule has 0 bridgehead atoms. The van der Waals surface area contributed by atoms with Crippen LogP contribution >= 0.6 is 11.6 Å². The van der Waals surface area contributed by atoms with Crippen LogP contribution in [0.2, 0.25) is 5.02 Å². The summed E-state index contributed by atoms with van der Waals surface area (Å²) in [6, 6.07) is 3.23. The van der Waals surface area contributed by atoms with E-state index in [1.54, 1.807) is 13.8 Å². The zero-order chi connectivity index (χ0) is 15.1. The molecule has 2 aromatic rings. The molecule has 1 heterocycles. The molecule has 2 N–H and O–H groups in total. The van der Waals surface area contributed by atoms with Crippen LogP contribution in [-0.2, 0) is 6.18 Å². The van der Waals surface area contributed by atoms with Gasteiger partial charge in [0.15, 0.2) is 0 Å². The van der Waals surface area contributed by atoms with E-state index in [0.717, 1.165) is 6.07 Å². The van der Waals surface area contributed by atoms with Gasteiger partial charge < -0.3 is 5.73 Å². The third-order valence-electron chi connectivity index (χ3n) is 2.86. The Hall–Kier alpha value is -1.60. The second-order valence-corrected chi connectivity index (χ2v) is 4.83. The van der Waals surface area contributed by atoms with Gasteiger partial charge in [0.1, 0.15) is 5.69 Å². The zero-order valence-corrected chi connectivity index (χ0v) is 11.5. The number of aromatic nitrogens is 3. The van der Waals surface area contributed by atoms with E-state index in [1.165, 1.54) is 16.8 Å². The second-order valence-electron chi connectivity index (χ2n) is 4.42. The largest absolute Gasteiger partial charge is 0.417 e. The number of nitrogens with zero attached hydrogens (tertiary/aromatic N) is 3. The van der Waals surface area contributed by atoms with E-state index in [-0.39, 0.29) is 16.8 Å². The van der Waals surface area contributed by atoms with Crippen LogP contribution in [0.15, 0.2) is 18.2 Å². The quantitative estimate of drug-likeness (QED) is 0.926. The Balaban J connectivity index is 2.55. The molecule has 1 aromatic heterocycles. The van der Waals surface area contributed by atoms with Crippen molar-refractivity contribution in [3.63, 3.8) is 0 Å². The van der Waals surface area contributed by atoms with E-state index in [0.29, 0.717) is 11.4 Å². The number of alkyl halides is 3.